The van der Waals surface area contributed by atoms with Gasteiger partial charge in [0.15, 0.2) is 0 Å². The second-order valence-electron chi connectivity index (χ2n) is 5.03. The normalized spacial score (nSPS) is 18.8. The van der Waals surface area contributed by atoms with Crippen LogP contribution in [-0.2, 0) is 11.2 Å². The number of benzene rings is 1. The molecule has 18 heavy (non-hydrogen) atoms. The molecule has 0 saturated carbocycles. The summed E-state index contributed by atoms with van der Waals surface area (Å²) >= 11 is 0. The molecule has 4 heteroatoms. The third-order valence-corrected chi connectivity index (χ3v) is 3.63. The van der Waals surface area contributed by atoms with Gasteiger partial charge in [-0.25, -0.2) is 0 Å². The minimum Gasteiger partial charge on any atom is -0.494 e. The fraction of sp³-hybridized carbons (Fsp3) is 0.500. The summed E-state index contributed by atoms with van der Waals surface area (Å²) in [5, 5.41) is 6.14. The Kier molecular flexibility index (Phi) is 3.19. The maximum Gasteiger partial charge on any atom is 0.224 e. The van der Waals surface area contributed by atoms with Crippen molar-refractivity contribution in [2.24, 2.45) is 5.92 Å². The van der Waals surface area contributed by atoms with Crippen LogP contribution in [0.5, 0.6) is 5.75 Å². The molecule has 0 radical (unpaired) electrons. The summed E-state index contributed by atoms with van der Waals surface area (Å²) < 4.78 is 5.76. The Labute approximate surface area is 107 Å². The van der Waals surface area contributed by atoms with Crippen LogP contribution in [0, 0.1) is 5.92 Å². The topological polar surface area (TPSA) is 50.4 Å². The number of hydrogen-bond acceptors (Lipinski definition) is 3. The Hall–Kier alpha value is -1.55. The van der Waals surface area contributed by atoms with Gasteiger partial charge in [-0.3, -0.25) is 4.79 Å². The van der Waals surface area contributed by atoms with Crippen LogP contribution in [0.2, 0.25) is 0 Å². The van der Waals surface area contributed by atoms with Crippen molar-refractivity contribution < 1.29 is 9.53 Å². The summed E-state index contributed by atoms with van der Waals surface area (Å²) in [5.41, 5.74) is 2.11. The van der Waals surface area contributed by atoms with Crippen LogP contribution in [-0.4, -0.2) is 25.6 Å². The van der Waals surface area contributed by atoms with E-state index in [1.54, 1.807) is 0 Å². The predicted octanol–water partition coefficient (Wildman–Crippen LogP) is 1.56. The molecule has 1 aromatic rings. The summed E-state index contributed by atoms with van der Waals surface area (Å²) in [6.45, 7) is 3.02. The van der Waals surface area contributed by atoms with Crippen molar-refractivity contribution in [1.29, 1.82) is 0 Å². The first kappa shape index (κ1) is 11.5. The molecule has 0 unspecified atom stereocenters. The SMILES string of the molecule is O=C1CCc2cc(OCCC3CNC3)ccc2N1. The van der Waals surface area contributed by atoms with Gasteiger partial charge in [0.25, 0.3) is 0 Å². The summed E-state index contributed by atoms with van der Waals surface area (Å²) in [7, 11) is 0. The Bertz CT molecular complexity index is 455. The third-order valence-electron chi connectivity index (χ3n) is 3.63. The second kappa shape index (κ2) is 4.98. The number of carbonyl (C=O) groups excluding carboxylic acids is 1. The summed E-state index contributed by atoms with van der Waals surface area (Å²) in [5.74, 6) is 1.80. The van der Waals surface area contributed by atoms with Crippen molar-refractivity contribution in [2.75, 3.05) is 25.0 Å². The molecule has 2 heterocycles. The van der Waals surface area contributed by atoms with Crippen LogP contribution in [0.3, 0.4) is 0 Å². The molecular weight excluding hydrogens is 228 g/mol. The van der Waals surface area contributed by atoms with E-state index in [0.29, 0.717) is 6.42 Å². The average Bonchev–Trinajstić information content (AvgIpc) is 2.32. The highest BCUT2D eigenvalue weighted by Crippen LogP contribution is 2.27. The van der Waals surface area contributed by atoms with Gasteiger partial charge in [0.1, 0.15) is 5.75 Å². The van der Waals surface area contributed by atoms with Gasteiger partial charge in [0.2, 0.25) is 5.91 Å². The molecule has 2 N–H and O–H groups in total. The van der Waals surface area contributed by atoms with Crippen molar-refractivity contribution in [3.63, 3.8) is 0 Å². The number of aryl methyl sites for hydroxylation is 1. The summed E-state index contributed by atoms with van der Waals surface area (Å²) in [4.78, 5) is 11.2. The van der Waals surface area contributed by atoms with Crippen molar-refractivity contribution in [2.45, 2.75) is 19.3 Å². The molecule has 0 spiro atoms. The Morgan fingerprint density at radius 2 is 2.17 bits per heavy atom. The van der Waals surface area contributed by atoms with E-state index in [2.05, 4.69) is 10.6 Å². The van der Waals surface area contributed by atoms with Crippen LogP contribution in [0.4, 0.5) is 5.69 Å². The predicted molar refractivity (Wildman–Crippen MR) is 69.9 cm³/mol. The highest BCUT2D eigenvalue weighted by molar-refractivity contribution is 5.93. The van der Waals surface area contributed by atoms with E-state index in [9.17, 15) is 4.79 Å². The zero-order chi connectivity index (χ0) is 12.4. The maximum absolute atomic E-state index is 11.2. The van der Waals surface area contributed by atoms with Gasteiger partial charge in [0, 0.05) is 12.1 Å². The van der Waals surface area contributed by atoms with Crippen LogP contribution >= 0.6 is 0 Å². The quantitative estimate of drug-likeness (QED) is 0.847. The Morgan fingerprint density at radius 1 is 1.28 bits per heavy atom. The Balaban J connectivity index is 1.57. The maximum atomic E-state index is 11.2. The van der Waals surface area contributed by atoms with E-state index in [1.165, 1.54) is 5.56 Å². The molecule has 4 nitrogen and oxygen atoms in total. The van der Waals surface area contributed by atoms with E-state index < -0.39 is 0 Å². The highest BCUT2D eigenvalue weighted by Gasteiger charge is 2.17. The zero-order valence-corrected chi connectivity index (χ0v) is 10.4. The molecule has 1 amide bonds. The van der Waals surface area contributed by atoms with E-state index in [4.69, 9.17) is 4.74 Å². The molecule has 0 aromatic heterocycles. The molecule has 3 rings (SSSR count). The van der Waals surface area contributed by atoms with Gasteiger partial charge in [-0.1, -0.05) is 0 Å². The first-order valence-corrected chi connectivity index (χ1v) is 6.57. The van der Waals surface area contributed by atoms with Gasteiger partial charge >= 0.3 is 0 Å². The molecule has 2 aliphatic rings. The monoisotopic (exact) mass is 246 g/mol. The molecule has 1 saturated heterocycles. The van der Waals surface area contributed by atoms with E-state index in [-0.39, 0.29) is 5.91 Å². The molecule has 0 aliphatic carbocycles. The lowest BCUT2D eigenvalue weighted by Gasteiger charge is -2.26. The first-order chi connectivity index (χ1) is 8.81. The lowest BCUT2D eigenvalue weighted by atomic mass is 10.0. The number of ether oxygens (including phenoxy) is 1. The second-order valence-corrected chi connectivity index (χ2v) is 5.03. The number of carbonyl (C=O) groups is 1. The standard InChI is InChI=1S/C14H18N2O2/c17-14-4-1-11-7-12(2-3-13(11)16-14)18-6-5-10-8-15-9-10/h2-3,7,10,15H,1,4-6,8-9H2,(H,16,17). The smallest absolute Gasteiger partial charge is 0.224 e. The minimum absolute atomic E-state index is 0.105. The number of rotatable bonds is 4. The summed E-state index contributed by atoms with van der Waals surface area (Å²) in [6, 6.07) is 5.92. The van der Waals surface area contributed by atoms with Gasteiger partial charge in [-0.2, -0.15) is 0 Å². The fourth-order valence-electron chi connectivity index (χ4n) is 2.35. The lowest BCUT2D eigenvalue weighted by Crippen LogP contribution is -2.42. The van der Waals surface area contributed by atoms with Crippen molar-refractivity contribution in [1.82, 2.24) is 5.32 Å². The molecule has 1 fully saturated rings. The number of fused-ring (bicyclic) bond motifs is 1. The van der Waals surface area contributed by atoms with Crippen molar-refractivity contribution in [3.8, 4) is 5.75 Å². The minimum atomic E-state index is 0.105. The fourth-order valence-corrected chi connectivity index (χ4v) is 2.35. The molecular formula is C14H18N2O2. The van der Waals surface area contributed by atoms with E-state index in [0.717, 1.165) is 49.9 Å². The van der Waals surface area contributed by atoms with Crippen LogP contribution in [0.1, 0.15) is 18.4 Å². The molecule has 2 aliphatic heterocycles. The van der Waals surface area contributed by atoms with Crippen LogP contribution < -0.4 is 15.4 Å². The van der Waals surface area contributed by atoms with Crippen LogP contribution in [0.15, 0.2) is 18.2 Å². The number of hydrogen-bond donors (Lipinski definition) is 2. The lowest BCUT2D eigenvalue weighted by molar-refractivity contribution is -0.116. The van der Waals surface area contributed by atoms with Gasteiger partial charge in [0.05, 0.1) is 6.61 Å². The number of nitrogens with one attached hydrogen (secondary N) is 2. The number of amides is 1. The molecule has 0 atom stereocenters. The summed E-state index contributed by atoms with van der Waals surface area (Å²) in [6.07, 6.45) is 2.50. The first-order valence-electron chi connectivity index (χ1n) is 6.57. The Morgan fingerprint density at radius 3 is 2.94 bits per heavy atom. The zero-order valence-electron chi connectivity index (χ0n) is 10.4. The van der Waals surface area contributed by atoms with Crippen molar-refractivity contribution >= 4 is 11.6 Å². The molecule has 0 bridgehead atoms. The highest BCUT2D eigenvalue weighted by atomic mass is 16.5. The largest absolute Gasteiger partial charge is 0.494 e. The van der Waals surface area contributed by atoms with Gasteiger partial charge < -0.3 is 15.4 Å². The van der Waals surface area contributed by atoms with Gasteiger partial charge in [-0.05, 0) is 55.6 Å². The number of anilines is 1. The molecule has 1 aromatic carbocycles. The average molecular weight is 246 g/mol. The molecule has 96 valence electrons. The van der Waals surface area contributed by atoms with E-state index in [1.807, 2.05) is 18.2 Å². The van der Waals surface area contributed by atoms with E-state index >= 15 is 0 Å². The van der Waals surface area contributed by atoms with Crippen molar-refractivity contribution in [3.05, 3.63) is 23.8 Å². The van der Waals surface area contributed by atoms with Crippen LogP contribution in [0.25, 0.3) is 0 Å². The van der Waals surface area contributed by atoms with Gasteiger partial charge in [-0.15, -0.1) is 0 Å². The third kappa shape index (κ3) is 2.48.